The minimum absolute atomic E-state index is 0.623. The van der Waals surface area contributed by atoms with Gasteiger partial charge in [0, 0.05) is 18.5 Å². The van der Waals surface area contributed by atoms with Crippen LogP contribution in [0.15, 0.2) is 22.8 Å². The summed E-state index contributed by atoms with van der Waals surface area (Å²) in [5.41, 5.74) is 2.66. The van der Waals surface area contributed by atoms with Gasteiger partial charge in [-0.1, -0.05) is 24.6 Å². The van der Waals surface area contributed by atoms with Gasteiger partial charge in [0.1, 0.15) is 4.60 Å². The molecule has 1 saturated heterocycles. The standard InChI is InChI=1S/C14H18BrN3/c1-18-13-10(9-11-6-2-3-8-16-11)5-4-7-12(13)14(15)17-18/h4-5,7,11,16H,2-3,6,8-9H2,1H3. The van der Waals surface area contributed by atoms with Crippen molar-refractivity contribution in [1.82, 2.24) is 15.1 Å². The normalized spacial score (nSPS) is 20.4. The van der Waals surface area contributed by atoms with E-state index in [4.69, 9.17) is 0 Å². The first-order chi connectivity index (χ1) is 8.75. The highest BCUT2D eigenvalue weighted by molar-refractivity contribution is 9.10. The lowest BCUT2D eigenvalue weighted by molar-refractivity contribution is 0.400. The van der Waals surface area contributed by atoms with Crippen molar-refractivity contribution in [3.63, 3.8) is 0 Å². The lowest BCUT2D eigenvalue weighted by atomic mass is 9.97. The van der Waals surface area contributed by atoms with E-state index in [1.807, 2.05) is 11.7 Å². The average Bonchev–Trinajstić information content (AvgIpc) is 2.67. The fourth-order valence-electron chi connectivity index (χ4n) is 2.90. The van der Waals surface area contributed by atoms with E-state index in [0.717, 1.165) is 17.6 Å². The number of nitrogens with one attached hydrogen (secondary N) is 1. The van der Waals surface area contributed by atoms with Gasteiger partial charge in [-0.25, -0.2) is 0 Å². The third-order valence-electron chi connectivity index (χ3n) is 3.78. The Labute approximate surface area is 116 Å². The second kappa shape index (κ2) is 5.02. The van der Waals surface area contributed by atoms with Gasteiger partial charge in [0.05, 0.1) is 5.52 Å². The van der Waals surface area contributed by atoms with Crippen LogP contribution in [-0.2, 0) is 13.5 Å². The van der Waals surface area contributed by atoms with Crippen molar-refractivity contribution in [3.8, 4) is 0 Å². The molecule has 3 rings (SSSR count). The predicted molar refractivity (Wildman–Crippen MR) is 77.8 cm³/mol. The predicted octanol–water partition coefficient (Wildman–Crippen LogP) is 3.02. The zero-order valence-corrected chi connectivity index (χ0v) is 12.2. The zero-order valence-electron chi connectivity index (χ0n) is 10.6. The van der Waals surface area contributed by atoms with Gasteiger partial charge in [-0.05, 0) is 47.3 Å². The second-order valence-corrected chi connectivity index (χ2v) is 5.83. The van der Waals surface area contributed by atoms with E-state index in [1.54, 1.807) is 0 Å². The van der Waals surface area contributed by atoms with Crippen LogP contribution in [0.2, 0.25) is 0 Å². The fourth-order valence-corrected chi connectivity index (χ4v) is 3.46. The van der Waals surface area contributed by atoms with Crippen LogP contribution in [0.25, 0.3) is 10.9 Å². The van der Waals surface area contributed by atoms with E-state index in [-0.39, 0.29) is 0 Å². The van der Waals surface area contributed by atoms with Gasteiger partial charge in [-0.2, -0.15) is 5.10 Å². The number of aryl methyl sites for hydroxylation is 1. The van der Waals surface area contributed by atoms with E-state index in [0.29, 0.717) is 6.04 Å². The van der Waals surface area contributed by atoms with Crippen LogP contribution >= 0.6 is 15.9 Å². The number of aromatic nitrogens is 2. The van der Waals surface area contributed by atoms with Crippen molar-refractivity contribution >= 4 is 26.8 Å². The van der Waals surface area contributed by atoms with Crippen molar-refractivity contribution in [2.24, 2.45) is 7.05 Å². The van der Waals surface area contributed by atoms with Crippen LogP contribution in [0, 0.1) is 0 Å². The van der Waals surface area contributed by atoms with Gasteiger partial charge < -0.3 is 5.32 Å². The minimum atomic E-state index is 0.623. The van der Waals surface area contributed by atoms with Crippen LogP contribution in [0.4, 0.5) is 0 Å². The van der Waals surface area contributed by atoms with Crippen LogP contribution in [0.1, 0.15) is 24.8 Å². The number of nitrogens with zero attached hydrogens (tertiary/aromatic N) is 2. The molecular weight excluding hydrogens is 290 g/mol. The highest BCUT2D eigenvalue weighted by Gasteiger charge is 2.16. The smallest absolute Gasteiger partial charge is 0.135 e. The molecule has 0 bridgehead atoms. The molecule has 96 valence electrons. The van der Waals surface area contributed by atoms with Gasteiger partial charge in [0.25, 0.3) is 0 Å². The van der Waals surface area contributed by atoms with E-state index in [2.05, 4.69) is 44.5 Å². The molecule has 0 amide bonds. The summed E-state index contributed by atoms with van der Waals surface area (Å²) in [6, 6.07) is 7.11. The molecule has 1 fully saturated rings. The zero-order chi connectivity index (χ0) is 12.5. The first-order valence-corrected chi connectivity index (χ1v) is 7.38. The minimum Gasteiger partial charge on any atom is -0.314 e. The lowest BCUT2D eigenvalue weighted by Crippen LogP contribution is -2.35. The molecule has 2 heterocycles. The van der Waals surface area contributed by atoms with Crippen molar-refractivity contribution < 1.29 is 0 Å². The van der Waals surface area contributed by atoms with Crippen molar-refractivity contribution in [2.45, 2.75) is 31.7 Å². The topological polar surface area (TPSA) is 29.9 Å². The summed E-state index contributed by atoms with van der Waals surface area (Å²) >= 11 is 3.53. The number of rotatable bonds is 2. The van der Waals surface area contributed by atoms with Crippen LogP contribution in [0.3, 0.4) is 0 Å². The summed E-state index contributed by atoms with van der Waals surface area (Å²) in [6.07, 6.45) is 5.05. The Morgan fingerprint density at radius 3 is 3.11 bits per heavy atom. The number of para-hydroxylation sites is 1. The molecular formula is C14H18BrN3. The molecule has 1 aliphatic rings. The first kappa shape index (κ1) is 12.2. The lowest BCUT2D eigenvalue weighted by Gasteiger charge is -2.23. The summed E-state index contributed by atoms with van der Waals surface area (Å²) in [6.45, 7) is 1.16. The Bertz CT molecular complexity index is 555. The summed E-state index contributed by atoms with van der Waals surface area (Å²) in [7, 11) is 2.02. The monoisotopic (exact) mass is 307 g/mol. The summed E-state index contributed by atoms with van der Waals surface area (Å²) in [4.78, 5) is 0. The maximum atomic E-state index is 4.46. The number of halogens is 1. The maximum absolute atomic E-state index is 4.46. The van der Waals surface area contributed by atoms with Crippen molar-refractivity contribution in [2.75, 3.05) is 6.54 Å². The Hall–Kier alpha value is -0.870. The molecule has 1 aliphatic heterocycles. The van der Waals surface area contributed by atoms with E-state index >= 15 is 0 Å². The molecule has 0 aliphatic carbocycles. The number of benzene rings is 1. The number of hydrogen-bond donors (Lipinski definition) is 1. The molecule has 1 aromatic heterocycles. The summed E-state index contributed by atoms with van der Waals surface area (Å²) < 4.78 is 2.93. The molecule has 1 N–H and O–H groups in total. The SMILES string of the molecule is Cn1nc(Br)c2cccc(CC3CCCCN3)c21. The van der Waals surface area contributed by atoms with Crippen molar-refractivity contribution in [3.05, 3.63) is 28.4 Å². The first-order valence-electron chi connectivity index (χ1n) is 6.59. The Morgan fingerprint density at radius 2 is 2.33 bits per heavy atom. The Kier molecular flexibility index (Phi) is 3.39. The quantitative estimate of drug-likeness (QED) is 0.924. The van der Waals surface area contributed by atoms with Gasteiger partial charge in [0.15, 0.2) is 0 Å². The molecule has 1 unspecified atom stereocenters. The number of piperidine rings is 1. The maximum Gasteiger partial charge on any atom is 0.135 e. The molecule has 18 heavy (non-hydrogen) atoms. The summed E-state index contributed by atoms with van der Waals surface area (Å²) in [5, 5.41) is 9.29. The van der Waals surface area contributed by atoms with Crippen molar-refractivity contribution in [1.29, 1.82) is 0 Å². The van der Waals surface area contributed by atoms with Crippen LogP contribution in [-0.4, -0.2) is 22.4 Å². The molecule has 1 atom stereocenters. The van der Waals surface area contributed by atoms with Gasteiger partial charge in [-0.15, -0.1) is 0 Å². The molecule has 2 aromatic rings. The highest BCUT2D eigenvalue weighted by atomic mass is 79.9. The van der Waals surface area contributed by atoms with Crippen LogP contribution < -0.4 is 5.32 Å². The van der Waals surface area contributed by atoms with Crippen LogP contribution in [0.5, 0.6) is 0 Å². The summed E-state index contributed by atoms with van der Waals surface area (Å²) in [5.74, 6) is 0. The van der Waals surface area contributed by atoms with Gasteiger partial charge in [0.2, 0.25) is 0 Å². The third kappa shape index (κ3) is 2.19. The fraction of sp³-hybridized carbons (Fsp3) is 0.500. The molecule has 0 radical (unpaired) electrons. The average molecular weight is 308 g/mol. The van der Waals surface area contributed by atoms with Gasteiger partial charge in [-0.3, -0.25) is 4.68 Å². The van der Waals surface area contributed by atoms with E-state index in [9.17, 15) is 0 Å². The van der Waals surface area contributed by atoms with E-state index < -0.39 is 0 Å². The highest BCUT2D eigenvalue weighted by Crippen LogP contribution is 2.27. The Balaban J connectivity index is 1.95. The second-order valence-electron chi connectivity index (χ2n) is 5.08. The largest absolute Gasteiger partial charge is 0.314 e. The van der Waals surface area contributed by atoms with Gasteiger partial charge >= 0.3 is 0 Å². The third-order valence-corrected chi connectivity index (χ3v) is 4.37. The molecule has 4 heteroatoms. The Morgan fingerprint density at radius 1 is 1.44 bits per heavy atom. The number of hydrogen-bond acceptors (Lipinski definition) is 2. The van der Waals surface area contributed by atoms with E-state index in [1.165, 1.54) is 35.7 Å². The molecule has 0 saturated carbocycles. The molecule has 3 nitrogen and oxygen atoms in total. The number of fused-ring (bicyclic) bond motifs is 1. The molecule has 0 spiro atoms. The molecule has 1 aromatic carbocycles.